The summed E-state index contributed by atoms with van der Waals surface area (Å²) in [5.41, 5.74) is 7.04. The van der Waals surface area contributed by atoms with Crippen molar-refractivity contribution in [2.24, 2.45) is 5.73 Å². The number of urea groups is 1. The lowest BCUT2D eigenvalue weighted by atomic mass is 10.0. The third-order valence-electron chi connectivity index (χ3n) is 3.93. The van der Waals surface area contributed by atoms with Crippen molar-refractivity contribution < 1.29 is 14.3 Å². The molecule has 6 heteroatoms. The van der Waals surface area contributed by atoms with Gasteiger partial charge in [-0.15, -0.1) is 0 Å². The number of amides is 2. The number of esters is 1. The molecule has 0 heterocycles. The Kier molecular flexibility index (Phi) is 5.77. The van der Waals surface area contributed by atoms with Gasteiger partial charge in [-0.2, -0.15) is 0 Å². The van der Waals surface area contributed by atoms with Gasteiger partial charge < -0.3 is 21.1 Å². The van der Waals surface area contributed by atoms with Crippen molar-refractivity contribution in [1.29, 1.82) is 0 Å². The lowest BCUT2D eigenvalue weighted by Crippen LogP contribution is -2.48. The molecule has 0 aromatic heterocycles. The van der Waals surface area contributed by atoms with Crippen molar-refractivity contribution in [3.63, 3.8) is 0 Å². The molecule has 1 saturated carbocycles. The van der Waals surface area contributed by atoms with Gasteiger partial charge in [0, 0.05) is 17.8 Å². The molecule has 1 aromatic carbocycles. The van der Waals surface area contributed by atoms with Crippen LogP contribution in [-0.4, -0.2) is 31.2 Å². The van der Waals surface area contributed by atoms with Crippen LogP contribution >= 0.6 is 0 Å². The third-order valence-corrected chi connectivity index (χ3v) is 3.93. The minimum Gasteiger partial charge on any atom is -0.465 e. The van der Waals surface area contributed by atoms with Crippen LogP contribution in [0.4, 0.5) is 10.5 Å². The lowest BCUT2D eigenvalue weighted by Gasteiger charge is -2.22. The quantitative estimate of drug-likeness (QED) is 0.590. The number of benzene rings is 1. The lowest BCUT2D eigenvalue weighted by molar-refractivity contribution is 0.0600. The first-order valence-electron chi connectivity index (χ1n) is 7.61. The second-order valence-corrected chi connectivity index (χ2v) is 5.58. The molecule has 0 aliphatic heterocycles. The second-order valence-electron chi connectivity index (χ2n) is 5.58. The summed E-state index contributed by atoms with van der Waals surface area (Å²) in [4.78, 5) is 23.6. The van der Waals surface area contributed by atoms with Crippen LogP contribution in [0.1, 0.15) is 42.5 Å². The van der Waals surface area contributed by atoms with Crippen molar-refractivity contribution >= 4 is 17.7 Å². The summed E-state index contributed by atoms with van der Waals surface area (Å²) in [5, 5.41) is 5.66. The van der Waals surface area contributed by atoms with E-state index in [2.05, 4.69) is 15.4 Å². The Morgan fingerprint density at radius 3 is 2.77 bits per heavy atom. The SMILES string of the molecule is COC(=O)c1cccc(NC(=O)NC2CCCCCC2N)c1. The van der Waals surface area contributed by atoms with Crippen LogP contribution in [0.3, 0.4) is 0 Å². The molecule has 1 aromatic rings. The zero-order valence-corrected chi connectivity index (χ0v) is 12.8. The summed E-state index contributed by atoms with van der Waals surface area (Å²) in [7, 11) is 1.32. The first kappa shape index (κ1) is 16.3. The minimum atomic E-state index is -0.435. The molecule has 1 aliphatic rings. The van der Waals surface area contributed by atoms with Gasteiger partial charge in [-0.05, 0) is 31.0 Å². The number of anilines is 1. The minimum absolute atomic E-state index is 0.00495. The number of carbonyl (C=O) groups excluding carboxylic acids is 2. The highest BCUT2D eigenvalue weighted by Gasteiger charge is 2.22. The molecule has 2 atom stereocenters. The molecule has 0 radical (unpaired) electrons. The van der Waals surface area contributed by atoms with E-state index in [4.69, 9.17) is 5.73 Å². The largest absolute Gasteiger partial charge is 0.465 e. The zero-order chi connectivity index (χ0) is 15.9. The molecule has 2 unspecified atom stereocenters. The molecule has 1 aliphatic carbocycles. The molecule has 0 saturated heterocycles. The molecule has 4 N–H and O–H groups in total. The summed E-state index contributed by atoms with van der Waals surface area (Å²) in [6.07, 6.45) is 5.19. The van der Waals surface area contributed by atoms with Crippen LogP contribution in [-0.2, 0) is 4.74 Å². The van der Waals surface area contributed by atoms with E-state index in [1.807, 2.05) is 0 Å². The molecular formula is C16H23N3O3. The van der Waals surface area contributed by atoms with Crippen LogP contribution in [0, 0.1) is 0 Å². The van der Waals surface area contributed by atoms with Crippen molar-refractivity contribution in [2.45, 2.75) is 44.2 Å². The maximum Gasteiger partial charge on any atom is 0.337 e. The Hall–Kier alpha value is -2.08. The number of ether oxygens (including phenoxy) is 1. The maximum atomic E-state index is 12.1. The van der Waals surface area contributed by atoms with Crippen LogP contribution < -0.4 is 16.4 Å². The number of nitrogens with two attached hydrogens (primary N) is 1. The van der Waals surface area contributed by atoms with E-state index in [-0.39, 0.29) is 18.1 Å². The fourth-order valence-corrected chi connectivity index (χ4v) is 2.69. The predicted molar refractivity (Wildman–Crippen MR) is 84.8 cm³/mol. The highest BCUT2D eigenvalue weighted by molar-refractivity contribution is 5.93. The van der Waals surface area contributed by atoms with Gasteiger partial charge in [0.2, 0.25) is 0 Å². The Labute approximate surface area is 130 Å². The van der Waals surface area contributed by atoms with E-state index in [0.29, 0.717) is 11.3 Å². The molecule has 6 nitrogen and oxygen atoms in total. The summed E-state index contributed by atoms with van der Waals surface area (Å²) in [6, 6.07) is 6.32. The first-order chi connectivity index (χ1) is 10.6. The monoisotopic (exact) mass is 305 g/mol. The predicted octanol–water partition coefficient (Wildman–Crippen LogP) is 2.25. The van der Waals surface area contributed by atoms with Crippen LogP contribution in [0.2, 0.25) is 0 Å². The highest BCUT2D eigenvalue weighted by atomic mass is 16.5. The molecule has 0 bridgehead atoms. The van der Waals surface area contributed by atoms with Crippen LogP contribution in [0.15, 0.2) is 24.3 Å². The Morgan fingerprint density at radius 1 is 1.23 bits per heavy atom. The number of carbonyl (C=O) groups is 2. The normalized spacial score (nSPS) is 21.5. The van der Waals surface area contributed by atoms with E-state index in [1.165, 1.54) is 7.11 Å². The number of hydrogen-bond donors (Lipinski definition) is 3. The van der Waals surface area contributed by atoms with Crippen molar-refractivity contribution in [2.75, 3.05) is 12.4 Å². The van der Waals surface area contributed by atoms with Gasteiger partial charge in [0.1, 0.15) is 0 Å². The van der Waals surface area contributed by atoms with Crippen molar-refractivity contribution in [1.82, 2.24) is 5.32 Å². The second kappa shape index (κ2) is 7.79. The Balaban J connectivity index is 1.95. The van der Waals surface area contributed by atoms with E-state index in [0.717, 1.165) is 32.1 Å². The number of hydrogen-bond acceptors (Lipinski definition) is 4. The van der Waals surface area contributed by atoms with Gasteiger partial charge >= 0.3 is 12.0 Å². The zero-order valence-electron chi connectivity index (χ0n) is 12.8. The topological polar surface area (TPSA) is 93.4 Å². The smallest absolute Gasteiger partial charge is 0.337 e. The molecule has 2 amide bonds. The van der Waals surface area contributed by atoms with Gasteiger partial charge in [0.05, 0.1) is 12.7 Å². The number of rotatable bonds is 3. The summed E-state index contributed by atoms with van der Waals surface area (Å²) < 4.78 is 4.66. The summed E-state index contributed by atoms with van der Waals surface area (Å²) >= 11 is 0. The fourth-order valence-electron chi connectivity index (χ4n) is 2.69. The first-order valence-corrected chi connectivity index (χ1v) is 7.61. The van der Waals surface area contributed by atoms with E-state index in [1.54, 1.807) is 24.3 Å². The molecule has 1 fully saturated rings. The molecule has 0 spiro atoms. The average Bonchev–Trinajstić information content (AvgIpc) is 2.71. The Morgan fingerprint density at radius 2 is 2.00 bits per heavy atom. The van der Waals surface area contributed by atoms with E-state index in [9.17, 15) is 9.59 Å². The maximum absolute atomic E-state index is 12.1. The summed E-state index contributed by atoms with van der Waals surface area (Å²) in [5.74, 6) is -0.435. The standard InChI is InChI=1S/C16H23N3O3/c1-22-15(20)11-6-5-7-12(10-11)18-16(21)19-14-9-4-2-3-8-13(14)17/h5-7,10,13-14H,2-4,8-9,17H2,1H3,(H2,18,19,21). The number of nitrogens with one attached hydrogen (secondary N) is 2. The molecule has 22 heavy (non-hydrogen) atoms. The number of methoxy groups -OCH3 is 1. The van der Waals surface area contributed by atoms with Gasteiger partial charge in [-0.25, -0.2) is 9.59 Å². The Bertz CT molecular complexity index is 533. The van der Waals surface area contributed by atoms with Crippen molar-refractivity contribution in [3.8, 4) is 0 Å². The van der Waals surface area contributed by atoms with Crippen LogP contribution in [0.5, 0.6) is 0 Å². The molecular weight excluding hydrogens is 282 g/mol. The third kappa shape index (κ3) is 4.46. The summed E-state index contributed by atoms with van der Waals surface area (Å²) in [6.45, 7) is 0. The van der Waals surface area contributed by atoms with Crippen LogP contribution in [0.25, 0.3) is 0 Å². The van der Waals surface area contributed by atoms with Gasteiger partial charge in [0.25, 0.3) is 0 Å². The van der Waals surface area contributed by atoms with Gasteiger partial charge in [-0.3, -0.25) is 0 Å². The molecule has 2 rings (SSSR count). The average molecular weight is 305 g/mol. The van der Waals surface area contributed by atoms with Gasteiger partial charge in [-0.1, -0.05) is 25.3 Å². The highest BCUT2D eigenvalue weighted by Crippen LogP contribution is 2.17. The molecule has 120 valence electrons. The van der Waals surface area contributed by atoms with Gasteiger partial charge in [0.15, 0.2) is 0 Å². The fraction of sp³-hybridized carbons (Fsp3) is 0.500. The van der Waals surface area contributed by atoms with E-state index < -0.39 is 5.97 Å². The van der Waals surface area contributed by atoms with E-state index >= 15 is 0 Å². The van der Waals surface area contributed by atoms with Crippen molar-refractivity contribution in [3.05, 3.63) is 29.8 Å².